The maximum Gasteiger partial charge on any atom is 0.306 e. The molecule has 0 fully saturated rings. The van der Waals surface area contributed by atoms with Gasteiger partial charge in [0.15, 0.2) is 6.10 Å². The molecule has 1 unspecified atom stereocenters. The van der Waals surface area contributed by atoms with Crippen LogP contribution in [-0.4, -0.2) is 37.2 Å². The summed E-state index contributed by atoms with van der Waals surface area (Å²) in [5.41, 5.74) is 0. The molecular formula is C72H120O6. The van der Waals surface area contributed by atoms with E-state index in [1.54, 1.807) is 0 Å². The molecule has 0 aliphatic carbocycles. The van der Waals surface area contributed by atoms with Crippen LogP contribution >= 0.6 is 0 Å². The zero-order valence-corrected chi connectivity index (χ0v) is 50.9. The smallest absolute Gasteiger partial charge is 0.306 e. The lowest BCUT2D eigenvalue weighted by molar-refractivity contribution is -0.166. The molecule has 0 saturated heterocycles. The molecule has 0 N–H and O–H groups in total. The zero-order valence-electron chi connectivity index (χ0n) is 50.9. The molecule has 0 bridgehead atoms. The average molecular weight is 1080 g/mol. The fourth-order valence-corrected chi connectivity index (χ4v) is 8.93. The standard InChI is InChI=1S/C72H120O6/c1-4-7-10-13-16-19-22-25-28-30-32-33-34-35-36-37-38-39-41-42-44-47-50-53-56-59-62-65-71(74)77-68-69(67-76-70(73)64-61-58-55-52-49-46-27-24-21-18-15-12-9-6-3)78-72(75)66-63-60-57-54-51-48-45-43-40-31-29-26-23-20-17-14-11-8-5-2/h7-8,10-11,16-17,19-20,25-26,28-29,32-33,40,43,48,51,57,60,69H,4-6,9,12-15,18,21-24,27,30-31,34-39,41-42,44-47,49-50,52-56,58-59,61-68H2,1-3H3/b10-7-,11-8-,19-16-,20-17-,28-25-,29-26-,33-32-,43-40-,51-48-,60-57-. The van der Waals surface area contributed by atoms with Gasteiger partial charge in [0.05, 0.1) is 0 Å². The highest BCUT2D eigenvalue weighted by molar-refractivity contribution is 5.71. The van der Waals surface area contributed by atoms with Gasteiger partial charge >= 0.3 is 17.9 Å². The molecule has 0 amide bonds. The van der Waals surface area contributed by atoms with Gasteiger partial charge in [-0.3, -0.25) is 14.4 Å². The number of hydrogen-bond acceptors (Lipinski definition) is 6. The van der Waals surface area contributed by atoms with E-state index in [0.29, 0.717) is 19.3 Å². The fraction of sp³-hybridized carbons (Fsp3) is 0.681. The number of esters is 3. The molecule has 0 rings (SSSR count). The number of ether oxygens (including phenoxy) is 3. The Bertz CT molecular complexity index is 1620. The Morgan fingerprint density at radius 3 is 0.833 bits per heavy atom. The maximum atomic E-state index is 12.9. The van der Waals surface area contributed by atoms with Crippen molar-refractivity contribution in [3.05, 3.63) is 122 Å². The second-order valence-corrected chi connectivity index (χ2v) is 21.3. The Morgan fingerprint density at radius 1 is 0.269 bits per heavy atom. The number of carbonyl (C=O) groups excluding carboxylic acids is 3. The summed E-state index contributed by atoms with van der Waals surface area (Å²) in [4.78, 5) is 38.3. The third kappa shape index (κ3) is 62.7. The lowest BCUT2D eigenvalue weighted by atomic mass is 10.0. The van der Waals surface area contributed by atoms with Gasteiger partial charge < -0.3 is 14.2 Å². The van der Waals surface area contributed by atoms with Crippen LogP contribution in [0.5, 0.6) is 0 Å². The first-order valence-electron chi connectivity index (χ1n) is 32.5. The van der Waals surface area contributed by atoms with Gasteiger partial charge in [0.2, 0.25) is 0 Å². The number of rotatable bonds is 58. The molecule has 0 saturated carbocycles. The largest absolute Gasteiger partial charge is 0.462 e. The number of carbonyl (C=O) groups is 3. The zero-order chi connectivity index (χ0) is 56.4. The van der Waals surface area contributed by atoms with E-state index in [4.69, 9.17) is 14.2 Å². The predicted octanol–water partition coefficient (Wildman–Crippen LogP) is 22.4. The van der Waals surface area contributed by atoms with Crippen LogP contribution in [0.3, 0.4) is 0 Å². The normalized spacial score (nSPS) is 12.9. The Balaban J connectivity index is 4.38. The quantitative estimate of drug-likeness (QED) is 0.0261. The summed E-state index contributed by atoms with van der Waals surface area (Å²) in [6, 6.07) is 0. The third-order valence-corrected chi connectivity index (χ3v) is 13.7. The van der Waals surface area contributed by atoms with Gasteiger partial charge in [-0.1, -0.05) is 303 Å². The SMILES string of the molecule is CC/C=C\C/C=C\C/C=C\C/C=C\C/C=C\C/C=C\CCC(=O)OC(COC(=O)CCCCCCCCCCCCCCCC)COC(=O)CCCCCCCCCCCCCCCC/C=C\C/C=C\C/C=C\C/C=C\CC. The Morgan fingerprint density at radius 2 is 0.526 bits per heavy atom. The molecular weight excluding hydrogens is 961 g/mol. The fourth-order valence-electron chi connectivity index (χ4n) is 8.93. The third-order valence-electron chi connectivity index (χ3n) is 13.7. The van der Waals surface area contributed by atoms with Crippen molar-refractivity contribution in [1.29, 1.82) is 0 Å². The van der Waals surface area contributed by atoms with Gasteiger partial charge in [0.1, 0.15) is 13.2 Å². The van der Waals surface area contributed by atoms with Gasteiger partial charge in [0, 0.05) is 19.3 Å². The molecule has 444 valence electrons. The van der Waals surface area contributed by atoms with Crippen molar-refractivity contribution in [2.24, 2.45) is 0 Å². The molecule has 1 atom stereocenters. The average Bonchev–Trinajstić information content (AvgIpc) is 3.44. The lowest BCUT2D eigenvalue weighted by Gasteiger charge is -2.18. The van der Waals surface area contributed by atoms with Crippen LogP contribution in [0.25, 0.3) is 0 Å². The molecule has 6 nitrogen and oxygen atoms in total. The second kappa shape index (κ2) is 65.3. The Hall–Kier alpha value is -4.19. The summed E-state index contributed by atoms with van der Waals surface area (Å²) in [5, 5.41) is 0. The van der Waals surface area contributed by atoms with E-state index in [-0.39, 0.29) is 31.6 Å². The van der Waals surface area contributed by atoms with Gasteiger partial charge in [0.25, 0.3) is 0 Å². The minimum Gasteiger partial charge on any atom is -0.462 e. The first-order chi connectivity index (χ1) is 38.5. The van der Waals surface area contributed by atoms with Crippen molar-refractivity contribution in [3.8, 4) is 0 Å². The number of allylic oxidation sites excluding steroid dienone is 20. The molecule has 0 aromatic rings. The van der Waals surface area contributed by atoms with Crippen molar-refractivity contribution in [1.82, 2.24) is 0 Å². The number of unbranched alkanes of at least 4 members (excludes halogenated alkanes) is 27. The van der Waals surface area contributed by atoms with Crippen LogP contribution in [0.1, 0.15) is 297 Å². The van der Waals surface area contributed by atoms with E-state index in [1.165, 1.54) is 148 Å². The summed E-state index contributed by atoms with van der Waals surface area (Å²) < 4.78 is 16.9. The van der Waals surface area contributed by atoms with Crippen molar-refractivity contribution in [2.75, 3.05) is 13.2 Å². The topological polar surface area (TPSA) is 78.9 Å². The molecule has 0 aliphatic heterocycles. The highest BCUT2D eigenvalue weighted by atomic mass is 16.6. The monoisotopic (exact) mass is 1080 g/mol. The van der Waals surface area contributed by atoms with Crippen molar-refractivity contribution in [2.45, 2.75) is 303 Å². The summed E-state index contributed by atoms with van der Waals surface area (Å²) in [6.45, 7) is 6.37. The van der Waals surface area contributed by atoms with Crippen LogP contribution < -0.4 is 0 Å². The highest BCUT2D eigenvalue weighted by Crippen LogP contribution is 2.16. The first-order valence-corrected chi connectivity index (χ1v) is 32.5. The van der Waals surface area contributed by atoms with E-state index in [0.717, 1.165) is 103 Å². The van der Waals surface area contributed by atoms with Gasteiger partial charge in [-0.25, -0.2) is 0 Å². The van der Waals surface area contributed by atoms with E-state index in [1.807, 2.05) is 6.08 Å². The summed E-state index contributed by atoms with van der Waals surface area (Å²) >= 11 is 0. The van der Waals surface area contributed by atoms with Crippen molar-refractivity contribution >= 4 is 17.9 Å². The summed E-state index contributed by atoms with van der Waals surface area (Å²) in [7, 11) is 0. The molecule has 0 radical (unpaired) electrons. The molecule has 0 aliphatic rings. The van der Waals surface area contributed by atoms with Crippen LogP contribution in [0.4, 0.5) is 0 Å². The van der Waals surface area contributed by atoms with Gasteiger partial charge in [-0.15, -0.1) is 0 Å². The Labute approximate surface area is 482 Å². The number of hydrogen-bond donors (Lipinski definition) is 0. The maximum absolute atomic E-state index is 12.9. The Kier molecular flexibility index (Phi) is 61.8. The van der Waals surface area contributed by atoms with E-state index in [2.05, 4.69) is 136 Å². The van der Waals surface area contributed by atoms with Crippen LogP contribution in [-0.2, 0) is 28.6 Å². The molecule has 0 spiro atoms. The van der Waals surface area contributed by atoms with Gasteiger partial charge in [-0.2, -0.15) is 0 Å². The van der Waals surface area contributed by atoms with Gasteiger partial charge in [-0.05, 0) is 96.3 Å². The van der Waals surface area contributed by atoms with E-state index < -0.39 is 12.1 Å². The second-order valence-electron chi connectivity index (χ2n) is 21.3. The van der Waals surface area contributed by atoms with Crippen molar-refractivity contribution < 1.29 is 28.6 Å². The highest BCUT2D eigenvalue weighted by Gasteiger charge is 2.19. The van der Waals surface area contributed by atoms with Crippen LogP contribution in [0.2, 0.25) is 0 Å². The van der Waals surface area contributed by atoms with Crippen molar-refractivity contribution in [3.63, 3.8) is 0 Å². The predicted molar refractivity (Wildman–Crippen MR) is 339 cm³/mol. The minimum atomic E-state index is -0.820. The van der Waals surface area contributed by atoms with E-state index in [9.17, 15) is 14.4 Å². The summed E-state index contributed by atoms with van der Waals surface area (Å²) in [6.07, 6.45) is 90.8. The molecule has 0 aromatic carbocycles. The molecule has 0 aromatic heterocycles. The molecule has 0 heterocycles. The lowest BCUT2D eigenvalue weighted by Crippen LogP contribution is -2.30. The van der Waals surface area contributed by atoms with Crippen LogP contribution in [0.15, 0.2) is 122 Å². The summed E-state index contributed by atoms with van der Waals surface area (Å²) in [5.74, 6) is -0.985. The first kappa shape index (κ1) is 73.8. The molecule has 6 heteroatoms. The minimum absolute atomic E-state index is 0.107. The van der Waals surface area contributed by atoms with E-state index >= 15 is 0 Å². The van der Waals surface area contributed by atoms with Crippen LogP contribution in [0, 0.1) is 0 Å². The molecule has 78 heavy (non-hydrogen) atoms.